The molecule has 46 heavy (non-hydrogen) atoms. The van der Waals surface area contributed by atoms with Crippen molar-refractivity contribution < 1.29 is 52.5 Å². The number of ether oxygens (including phenoxy) is 1. The Balaban J connectivity index is 3.46. The third-order valence-corrected chi connectivity index (χ3v) is 6.62. The zero-order chi connectivity index (χ0) is 35.6. The molecular weight excluding hydrogens is 612 g/mol. The number of aliphatic hydroxyl groups excluding tert-OH is 2. The lowest BCUT2D eigenvalue weighted by molar-refractivity contribution is -0.168. The molecule has 1 radical (unpaired) electrons. The molecule has 7 N–H and O–H groups in total. The number of carbonyl (C=O) groups is 5. The number of carbonyl (C=O) groups excluding carboxylic acids is 6. The van der Waals surface area contributed by atoms with E-state index in [4.69, 9.17) is 15.6 Å². The molecule has 1 aromatic carbocycles. The fourth-order valence-corrected chi connectivity index (χ4v) is 3.91. The molecule has 0 heterocycles. The van der Waals surface area contributed by atoms with Crippen LogP contribution in [0.2, 0.25) is 0 Å². The minimum atomic E-state index is -4.54. The summed E-state index contributed by atoms with van der Waals surface area (Å²) >= 11 is 0. The van der Waals surface area contributed by atoms with Crippen LogP contribution in [0.4, 0.5) is 13.6 Å². The number of amides is 5. The van der Waals surface area contributed by atoms with Gasteiger partial charge in [-0.1, -0.05) is 44.2 Å². The van der Waals surface area contributed by atoms with Gasteiger partial charge in [-0.2, -0.15) is 8.78 Å². The highest BCUT2D eigenvalue weighted by atomic mass is 19.3. The van der Waals surface area contributed by atoms with Gasteiger partial charge >= 0.3 is 12.0 Å². The summed E-state index contributed by atoms with van der Waals surface area (Å²) in [7, 11) is 0. The average Bonchev–Trinajstić information content (AvgIpc) is 2.97. The number of aliphatic hydroxyl groups is 2. The predicted molar refractivity (Wildman–Crippen MR) is 161 cm³/mol. The first-order valence-corrected chi connectivity index (χ1v) is 14.5. The number of benzene rings is 1. The van der Waals surface area contributed by atoms with Crippen LogP contribution in [0.1, 0.15) is 54.0 Å². The van der Waals surface area contributed by atoms with Gasteiger partial charge in [0.2, 0.25) is 18.1 Å². The van der Waals surface area contributed by atoms with Crippen molar-refractivity contribution in [2.45, 2.75) is 103 Å². The zero-order valence-electron chi connectivity index (χ0n) is 26.9. The average molecular weight is 657 g/mol. The van der Waals surface area contributed by atoms with Gasteiger partial charge in [0.1, 0.15) is 29.8 Å². The third kappa shape index (κ3) is 11.4. The van der Waals surface area contributed by atoms with Gasteiger partial charge in [0, 0.05) is 0 Å². The molecule has 0 saturated heterocycles. The van der Waals surface area contributed by atoms with E-state index in [0.29, 0.717) is 10.5 Å². The quantitative estimate of drug-likeness (QED) is 0.148. The van der Waals surface area contributed by atoms with E-state index in [1.54, 1.807) is 18.2 Å². The second kappa shape index (κ2) is 17.1. The molecule has 0 aromatic heterocycles. The smallest absolute Gasteiger partial charge is 0.417 e. The molecule has 0 aliphatic rings. The van der Waals surface area contributed by atoms with E-state index in [9.17, 15) is 33.9 Å². The highest BCUT2D eigenvalue weighted by Gasteiger charge is 2.51. The number of imide groups is 1. The van der Waals surface area contributed by atoms with Gasteiger partial charge in [-0.25, -0.2) is 9.69 Å². The first kappa shape index (κ1) is 40.0. The van der Waals surface area contributed by atoms with Crippen LogP contribution in [0, 0.1) is 5.92 Å². The maximum Gasteiger partial charge on any atom is 0.417 e. The van der Waals surface area contributed by atoms with Crippen LogP contribution in [-0.4, -0.2) is 106 Å². The lowest BCUT2D eigenvalue weighted by Gasteiger charge is -2.34. The van der Waals surface area contributed by atoms with Crippen LogP contribution >= 0.6 is 0 Å². The summed E-state index contributed by atoms with van der Waals surface area (Å²) in [6.07, 6.45) is -3.15. The molecule has 5 amide bonds. The Morgan fingerprint density at radius 3 is 2.02 bits per heavy atom. The summed E-state index contributed by atoms with van der Waals surface area (Å²) in [6, 6.07) is -0.107. The van der Waals surface area contributed by atoms with E-state index in [1.165, 1.54) is 60.0 Å². The molecule has 1 rings (SSSR count). The molecule has 2 unspecified atom stereocenters. The monoisotopic (exact) mass is 656 g/mol. The van der Waals surface area contributed by atoms with E-state index >= 15 is 8.78 Å². The molecule has 1 aromatic rings. The standard InChI is InChI=1S/C30H44F2N5O9/c1-16(2)22(15-39)36-27(44)30(31,32)23(40)21(13-19-11-9-8-10-12-19)35-24(41)18(4)37(28(45)46-29(5,6)7)26(43)17(3)34-25(42)20(33)14-38/h8-12,16-18,20-23,38,40H,13-14,33H2,1-7H3,(H,34,42)(H,35,41)(H,36,44)/t17-,18-,20-,21?,22+,23?/m0/s1. The van der Waals surface area contributed by atoms with Crippen LogP contribution in [-0.2, 0) is 35.1 Å². The van der Waals surface area contributed by atoms with Gasteiger partial charge in [0.25, 0.3) is 11.8 Å². The van der Waals surface area contributed by atoms with Crippen molar-refractivity contribution in [3.8, 4) is 0 Å². The molecule has 0 aliphatic heterocycles. The van der Waals surface area contributed by atoms with Crippen molar-refractivity contribution in [3.63, 3.8) is 0 Å². The van der Waals surface area contributed by atoms with Gasteiger partial charge in [-0.3, -0.25) is 24.0 Å². The second-order valence-electron chi connectivity index (χ2n) is 12.1. The summed E-state index contributed by atoms with van der Waals surface area (Å²) in [6.45, 7) is 8.91. The SMILES string of the molecule is CC(C)[C@@H]([C]=O)NC(=O)C(F)(F)C(O)C(Cc1ccccc1)NC(=O)[C@H](C)N(C(=O)OC(C)(C)C)C(=O)[C@H](C)NC(=O)[C@@H](N)CO. The van der Waals surface area contributed by atoms with Gasteiger partial charge in [0.15, 0.2) is 0 Å². The Labute approximate surface area is 266 Å². The normalized spacial score (nSPS) is 15.8. The van der Waals surface area contributed by atoms with Gasteiger partial charge in [-0.15, -0.1) is 0 Å². The summed E-state index contributed by atoms with van der Waals surface area (Å²) in [5.41, 5.74) is 4.68. The molecule has 0 fully saturated rings. The zero-order valence-corrected chi connectivity index (χ0v) is 26.9. The lowest BCUT2D eigenvalue weighted by atomic mass is 9.95. The molecule has 0 aliphatic carbocycles. The van der Waals surface area contributed by atoms with Crippen molar-refractivity contribution in [2.24, 2.45) is 11.7 Å². The minimum Gasteiger partial charge on any atom is -0.443 e. The number of alkyl halides is 2. The van der Waals surface area contributed by atoms with Crippen molar-refractivity contribution in [3.05, 3.63) is 35.9 Å². The van der Waals surface area contributed by atoms with Crippen molar-refractivity contribution in [2.75, 3.05) is 6.61 Å². The van der Waals surface area contributed by atoms with E-state index < -0.39 is 96.5 Å². The Morgan fingerprint density at radius 2 is 1.54 bits per heavy atom. The minimum absolute atomic E-state index is 0.361. The highest BCUT2D eigenvalue weighted by Crippen LogP contribution is 2.25. The molecule has 16 heteroatoms. The van der Waals surface area contributed by atoms with E-state index in [-0.39, 0.29) is 0 Å². The Morgan fingerprint density at radius 1 is 0.978 bits per heavy atom. The van der Waals surface area contributed by atoms with E-state index in [2.05, 4.69) is 10.6 Å². The number of halogens is 2. The van der Waals surface area contributed by atoms with Crippen LogP contribution in [0.25, 0.3) is 0 Å². The Hall–Kier alpha value is -4.02. The molecular formula is C30H44F2N5O9. The van der Waals surface area contributed by atoms with Crippen molar-refractivity contribution >= 4 is 36.0 Å². The van der Waals surface area contributed by atoms with Crippen LogP contribution in [0.15, 0.2) is 30.3 Å². The summed E-state index contributed by atoms with van der Waals surface area (Å²) < 4.78 is 36.0. The number of nitrogens with two attached hydrogens (primary N) is 1. The van der Waals surface area contributed by atoms with Crippen LogP contribution < -0.4 is 21.7 Å². The van der Waals surface area contributed by atoms with E-state index in [0.717, 1.165) is 6.92 Å². The molecule has 257 valence electrons. The number of hydrogen-bond donors (Lipinski definition) is 6. The third-order valence-electron chi connectivity index (χ3n) is 6.62. The number of rotatable bonds is 15. The first-order chi connectivity index (χ1) is 21.2. The predicted octanol–water partition coefficient (Wildman–Crippen LogP) is -0.0629. The Kier molecular flexibility index (Phi) is 14.8. The van der Waals surface area contributed by atoms with Gasteiger partial charge in [0.05, 0.1) is 18.7 Å². The van der Waals surface area contributed by atoms with Crippen LogP contribution in [0.3, 0.4) is 0 Å². The topological polar surface area (TPSA) is 217 Å². The van der Waals surface area contributed by atoms with Crippen LogP contribution in [0.5, 0.6) is 0 Å². The Bertz CT molecular complexity index is 1230. The molecule has 0 bridgehead atoms. The number of nitrogens with zero attached hydrogens (tertiary/aromatic N) is 1. The fourth-order valence-electron chi connectivity index (χ4n) is 3.91. The molecule has 6 atom stereocenters. The molecule has 0 saturated carbocycles. The molecule has 0 spiro atoms. The summed E-state index contributed by atoms with van der Waals surface area (Å²) in [4.78, 5) is 76.3. The highest BCUT2D eigenvalue weighted by molar-refractivity contribution is 6.01. The molecule has 14 nitrogen and oxygen atoms in total. The maximum atomic E-state index is 15.3. The largest absolute Gasteiger partial charge is 0.443 e. The second-order valence-corrected chi connectivity index (χ2v) is 12.1. The van der Waals surface area contributed by atoms with Gasteiger partial charge in [-0.05, 0) is 52.5 Å². The van der Waals surface area contributed by atoms with Gasteiger partial charge < -0.3 is 36.6 Å². The first-order valence-electron chi connectivity index (χ1n) is 14.5. The number of hydrogen-bond acceptors (Lipinski definition) is 10. The van der Waals surface area contributed by atoms with Crippen molar-refractivity contribution in [1.29, 1.82) is 0 Å². The number of nitrogens with one attached hydrogen (secondary N) is 3. The summed E-state index contributed by atoms with van der Waals surface area (Å²) in [5, 5.41) is 26.2. The van der Waals surface area contributed by atoms with Crippen molar-refractivity contribution in [1.82, 2.24) is 20.9 Å². The summed E-state index contributed by atoms with van der Waals surface area (Å²) in [5.74, 6) is -10.4. The fraction of sp³-hybridized carbons (Fsp3) is 0.600. The van der Waals surface area contributed by atoms with E-state index in [1.807, 2.05) is 5.32 Å². The lowest BCUT2D eigenvalue weighted by Crippen LogP contribution is -2.63. The maximum absolute atomic E-state index is 15.3.